The molecule has 1 N–H and O–H groups in total. The molecule has 0 atom stereocenters. The van der Waals surface area contributed by atoms with Gasteiger partial charge in [0.05, 0.1) is 10.9 Å². The molecule has 0 unspecified atom stereocenters. The monoisotopic (exact) mass is 264 g/mol. The molecule has 2 aromatic rings. The summed E-state index contributed by atoms with van der Waals surface area (Å²) in [6.07, 6.45) is 2.38. The number of carboxylic acid groups (broad SMARTS) is 1. The van der Waals surface area contributed by atoms with Crippen LogP contribution in [-0.4, -0.2) is 20.9 Å². The predicted molar refractivity (Wildman–Crippen MR) is 68.9 cm³/mol. The molecule has 18 heavy (non-hydrogen) atoms. The van der Waals surface area contributed by atoms with Gasteiger partial charge in [-0.3, -0.25) is 9.48 Å². The number of benzene rings is 1. The molecule has 0 radical (unpaired) electrons. The largest absolute Gasteiger partial charge is 0.481 e. The zero-order valence-corrected chi connectivity index (χ0v) is 10.7. The van der Waals surface area contributed by atoms with Crippen molar-refractivity contribution in [3.8, 4) is 0 Å². The molecule has 0 saturated heterocycles. The van der Waals surface area contributed by atoms with E-state index in [-0.39, 0.29) is 0 Å². The molecular weight excluding hydrogens is 252 g/mol. The van der Waals surface area contributed by atoms with Gasteiger partial charge in [0.25, 0.3) is 0 Å². The van der Waals surface area contributed by atoms with Gasteiger partial charge < -0.3 is 5.11 Å². The van der Waals surface area contributed by atoms with Gasteiger partial charge in [-0.25, -0.2) is 0 Å². The van der Waals surface area contributed by atoms with Crippen molar-refractivity contribution in [1.82, 2.24) is 9.78 Å². The van der Waals surface area contributed by atoms with E-state index < -0.39 is 11.4 Å². The SMILES string of the molecule is Cn1nc(Cl)c2ccc(C3(C(=O)O)CCC3)cc21. The second-order valence-electron chi connectivity index (χ2n) is 4.89. The van der Waals surface area contributed by atoms with Crippen LogP contribution in [0.2, 0.25) is 5.15 Å². The van der Waals surface area contributed by atoms with Gasteiger partial charge in [-0.1, -0.05) is 24.1 Å². The van der Waals surface area contributed by atoms with Crippen LogP contribution in [0, 0.1) is 0 Å². The Morgan fingerprint density at radius 3 is 2.78 bits per heavy atom. The van der Waals surface area contributed by atoms with Gasteiger partial charge in [-0.2, -0.15) is 5.10 Å². The molecule has 1 aromatic carbocycles. The zero-order valence-electron chi connectivity index (χ0n) is 9.98. The van der Waals surface area contributed by atoms with Crippen LogP contribution in [0.1, 0.15) is 24.8 Å². The van der Waals surface area contributed by atoms with Crippen LogP contribution in [-0.2, 0) is 17.3 Å². The predicted octanol–water partition coefficient (Wildman–Crippen LogP) is 2.73. The number of carbonyl (C=O) groups is 1. The fraction of sp³-hybridized carbons (Fsp3) is 0.385. The van der Waals surface area contributed by atoms with Crippen LogP contribution >= 0.6 is 11.6 Å². The Morgan fingerprint density at radius 2 is 2.22 bits per heavy atom. The highest BCUT2D eigenvalue weighted by atomic mass is 35.5. The van der Waals surface area contributed by atoms with E-state index in [9.17, 15) is 9.90 Å². The topological polar surface area (TPSA) is 55.1 Å². The first-order valence-electron chi connectivity index (χ1n) is 5.91. The summed E-state index contributed by atoms with van der Waals surface area (Å²) >= 11 is 6.01. The molecule has 1 heterocycles. The summed E-state index contributed by atoms with van der Waals surface area (Å²) in [4.78, 5) is 11.5. The van der Waals surface area contributed by atoms with E-state index >= 15 is 0 Å². The van der Waals surface area contributed by atoms with Gasteiger partial charge in [-0.15, -0.1) is 0 Å². The first-order valence-corrected chi connectivity index (χ1v) is 6.28. The summed E-state index contributed by atoms with van der Waals surface area (Å²) in [6, 6.07) is 5.63. The molecule has 0 spiro atoms. The van der Waals surface area contributed by atoms with Gasteiger partial charge in [-0.05, 0) is 30.5 Å². The van der Waals surface area contributed by atoms with Gasteiger partial charge in [0.15, 0.2) is 5.15 Å². The third-order valence-corrected chi connectivity index (χ3v) is 4.25. The van der Waals surface area contributed by atoms with Crippen LogP contribution in [0.5, 0.6) is 0 Å². The summed E-state index contributed by atoms with van der Waals surface area (Å²) in [5.41, 5.74) is 1.03. The molecule has 0 bridgehead atoms. The minimum Gasteiger partial charge on any atom is -0.481 e. The maximum Gasteiger partial charge on any atom is 0.314 e. The number of aromatic nitrogens is 2. The molecule has 1 aromatic heterocycles. The summed E-state index contributed by atoms with van der Waals surface area (Å²) < 4.78 is 1.69. The fourth-order valence-electron chi connectivity index (χ4n) is 2.67. The lowest BCUT2D eigenvalue weighted by Gasteiger charge is -2.38. The van der Waals surface area contributed by atoms with Crippen molar-refractivity contribution in [2.75, 3.05) is 0 Å². The van der Waals surface area contributed by atoms with E-state index in [0.717, 1.165) is 22.9 Å². The minimum absolute atomic E-state index is 0.456. The zero-order chi connectivity index (χ0) is 12.9. The Hall–Kier alpha value is -1.55. The van der Waals surface area contributed by atoms with E-state index in [0.29, 0.717) is 18.0 Å². The highest BCUT2D eigenvalue weighted by molar-refractivity contribution is 6.34. The first kappa shape index (κ1) is 11.5. The van der Waals surface area contributed by atoms with E-state index in [1.165, 1.54) is 0 Å². The maximum atomic E-state index is 11.5. The van der Waals surface area contributed by atoms with E-state index in [1.807, 2.05) is 25.2 Å². The lowest BCUT2D eigenvalue weighted by atomic mass is 9.64. The average Bonchev–Trinajstić information content (AvgIpc) is 2.52. The Balaban J connectivity index is 2.19. The number of rotatable bonds is 2. The van der Waals surface area contributed by atoms with Gasteiger partial charge in [0.1, 0.15) is 0 Å². The molecule has 1 fully saturated rings. The van der Waals surface area contributed by atoms with Crippen LogP contribution in [0.3, 0.4) is 0 Å². The van der Waals surface area contributed by atoms with E-state index in [2.05, 4.69) is 5.10 Å². The van der Waals surface area contributed by atoms with Crippen LogP contribution in [0.25, 0.3) is 10.9 Å². The average molecular weight is 265 g/mol. The Kier molecular flexibility index (Phi) is 2.38. The van der Waals surface area contributed by atoms with Crippen molar-refractivity contribution < 1.29 is 9.90 Å². The first-order chi connectivity index (χ1) is 8.54. The minimum atomic E-state index is -0.735. The van der Waals surface area contributed by atoms with Crippen molar-refractivity contribution >= 4 is 28.5 Å². The molecule has 1 aliphatic carbocycles. The van der Waals surface area contributed by atoms with E-state index in [1.54, 1.807) is 4.68 Å². The second kappa shape index (κ2) is 3.72. The van der Waals surface area contributed by atoms with Crippen LogP contribution in [0.4, 0.5) is 0 Å². The molecule has 1 saturated carbocycles. The molecule has 4 nitrogen and oxygen atoms in total. The molecule has 1 aliphatic rings. The Labute approximate surface area is 109 Å². The summed E-state index contributed by atoms with van der Waals surface area (Å²) in [5, 5.41) is 14.9. The second-order valence-corrected chi connectivity index (χ2v) is 5.25. The van der Waals surface area contributed by atoms with Gasteiger partial charge in [0, 0.05) is 12.4 Å². The molecule has 5 heteroatoms. The van der Waals surface area contributed by atoms with Gasteiger partial charge >= 0.3 is 5.97 Å². The highest BCUT2D eigenvalue weighted by Gasteiger charge is 2.46. The number of aliphatic carboxylic acids is 1. The van der Waals surface area contributed by atoms with Crippen molar-refractivity contribution in [3.05, 3.63) is 28.9 Å². The quantitative estimate of drug-likeness (QED) is 0.907. The molecule has 3 rings (SSSR count). The van der Waals surface area contributed by atoms with Crippen LogP contribution in [0.15, 0.2) is 18.2 Å². The van der Waals surface area contributed by atoms with Crippen molar-refractivity contribution in [1.29, 1.82) is 0 Å². The number of aryl methyl sites for hydroxylation is 1. The van der Waals surface area contributed by atoms with Crippen molar-refractivity contribution in [2.24, 2.45) is 7.05 Å². The molecule has 0 amide bonds. The fourth-order valence-corrected chi connectivity index (χ4v) is 2.94. The van der Waals surface area contributed by atoms with Gasteiger partial charge in [0.2, 0.25) is 0 Å². The Morgan fingerprint density at radius 1 is 1.50 bits per heavy atom. The normalized spacial score (nSPS) is 17.7. The smallest absolute Gasteiger partial charge is 0.314 e. The Bertz CT molecular complexity index is 644. The summed E-state index contributed by atoms with van der Waals surface area (Å²) in [6.45, 7) is 0. The van der Waals surface area contributed by atoms with Crippen molar-refractivity contribution in [3.63, 3.8) is 0 Å². The highest BCUT2D eigenvalue weighted by Crippen LogP contribution is 2.44. The number of halogens is 1. The maximum absolute atomic E-state index is 11.5. The summed E-state index contributed by atoms with van der Waals surface area (Å²) in [5.74, 6) is -0.735. The number of fused-ring (bicyclic) bond motifs is 1. The van der Waals surface area contributed by atoms with Crippen LogP contribution < -0.4 is 0 Å². The number of carboxylic acids is 1. The third-order valence-electron chi connectivity index (χ3n) is 3.98. The molecule has 0 aliphatic heterocycles. The number of hydrogen-bond donors (Lipinski definition) is 1. The molecular formula is C13H13ClN2O2. The van der Waals surface area contributed by atoms with E-state index in [4.69, 9.17) is 11.6 Å². The number of nitrogens with zero attached hydrogens (tertiary/aromatic N) is 2. The number of hydrogen-bond acceptors (Lipinski definition) is 2. The third kappa shape index (κ3) is 1.38. The molecule has 94 valence electrons. The van der Waals surface area contributed by atoms with Crippen molar-refractivity contribution in [2.45, 2.75) is 24.7 Å². The lowest BCUT2D eigenvalue weighted by molar-refractivity contribution is -0.147. The summed E-state index contributed by atoms with van der Waals surface area (Å²) in [7, 11) is 1.81. The standard InChI is InChI=1S/C13H13ClN2O2/c1-16-10-7-8(3-4-9(10)11(14)15-16)13(12(17)18)5-2-6-13/h3-4,7H,2,5-6H2,1H3,(H,17,18). The lowest BCUT2D eigenvalue weighted by Crippen LogP contribution is -2.42.